The summed E-state index contributed by atoms with van der Waals surface area (Å²) in [5.41, 5.74) is 0.00246. The van der Waals surface area contributed by atoms with E-state index < -0.39 is 18.0 Å². The number of hydrogen-bond acceptors (Lipinski definition) is 7. The van der Waals surface area contributed by atoms with E-state index in [0.29, 0.717) is 30.6 Å². The van der Waals surface area contributed by atoms with Gasteiger partial charge in [0, 0.05) is 18.3 Å². The van der Waals surface area contributed by atoms with Crippen molar-refractivity contribution >= 4 is 5.91 Å². The summed E-state index contributed by atoms with van der Waals surface area (Å²) in [6, 6.07) is 7.25. The van der Waals surface area contributed by atoms with Gasteiger partial charge in [-0.15, -0.1) is 5.10 Å². The largest absolute Gasteiger partial charge is 0.458 e. The second-order valence-corrected chi connectivity index (χ2v) is 6.66. The van der Waals surface area contributed by atoms with Gasteiger partial charge in [-0.05, 0) is 47.5 Å². The van der Waals surface area contributed by atoms with E-state index in [1.807, 2.05) is 0 Å². The van der Waals surface area contributed by atoms with Gasteiger partial charge < -0.3 is 9.64 Å². The Morgan fingerprint density at radius 1 is 1.23 bits per heavy atom. The first-order valence-electron chi connectivity index (χ1n) is 9.10. The lowest BCUT2D eigenvalue weighted by molar-refractivity contribution is -0.141. The van der Waals surface area contributed by atoms with Crippen molar-refractivity contribution in [1.29, 1.82) is 0 Å². The van der Waals surface area contributed by atoms with Crippen LogP contribution in [0.25, 0.3) is 5.69 Å². The normalized spacial score (nSPS) is 17.0. The van der Waals surface area contributed by atoms with Gasteiger partial charge in [0.05, 0.1) is 12.2 Å². The van der Waals surface area contributed by atoms with E-state index in [2.05, 4.69) is 25.5 Å². The molecule has 4 rings (SSSR count). The van der Waals surface area contributed by atoms with Gasteiger partial charge in [-0.2, -0.15) is 18.2 Å². The van der Waals surface area contributed by atoms with Crippen molar-refractivity contribution in [2.75, 3.05) is 13.1 Å². The molecule has 2 aromatic heterocycles. The Morgan fingerprint density at radius 2 is 2.10 bits per heavy atom. The molecule has 1 aliphatic rings. The molecule has 1 amide bonds. The van der Waals surface area contributed by atoms with Crippen LogP contribution in [0.5, 0.6) is 6.01 Å². The number of alkyl halides is 3. The first-order valence-corrected chi connectivity index (χ1v) is 9.10. The molecule has 0 aliphatic carbocycles. The van der Waals surface area contributed by atoms with Crippen LogP contribution in [0.2, 0.25) is 0 Å². The highest BCUT2D eigenvalue weighted by Gasteiger charge is 2.33. The zero-order chi connectivity index (χ0) is 21.1. The number of nitrogens with zero attached hydrogens (tertiary/aromatic N) is 7. The summed E-state index contributed by atoms with van der Waals surface area (Å²) >= 11 is 0. The van der Waals surface area contributed by atoms with E-state index in [-0.39, 0.29) is 18.5 Å². The summed E-state index contributed by atoms with van der Waals surface area (Å²) < 4.78 is 45.4. The van der Waals surface area contributed by atoms with Crippen molar-refractivity contribution < 1.29 is 22.7 Å². The minimum atomic E-state index is -4.58. The molecule has 9 nitrogen and oxygen atoms in total. The smallest absolute Gasteiger partial charge is 0.433 e. The molecule has 3 aromatic rings. The van der Waals surface area contributed by atoms with Gasteiger partial charge in [0.2, 0.25) is 0 Å². The molecule has 0 N–H and O–H groups in total. The quantitative estimate of drug-likeness (QED) is 0.639. The number of amides is 1. The molecule has 30 heavy (non-hydrogen) atoms. The van der Waals surface area contributed by atoms with Crippen molar-refractivity contribution in [3.05, 3.63) is 54.1 Å². The van der Waals surface area contributed by atoms with E-state index in [4.69, 9.17) is 4.74 Å². The lowest BCUT2D eigenvalue weighted by Crippen LogP contribution is -2.44. The minimum absolute atomic E-state index is 0.216. The maximum atomic E-state index is 12.9. The number of hydrogen-bond donors (Lipinski definition) is 0. The Bertz CT molecular complexity index is 1030. The zero-order valence-electron chi connectivity index (χ0n) is 15.5. The maximum absolute atomic E-state index is 12.9. The number of benzene rings is 1. The van der Waals surface area contributed by atoms with E-state index in [1.54, 1.807) is 29.2 Å². The number of ether oxygens (including phenoxy) is 1. The lowest BCUT2D eigenvalue weighted by Gasteiger charge is -2.32. The highest BCUT2D eigenvalue weighted by atomic mass is 19.4. The fourth-order valence-electron chi connectivity index (χ4n) is 3.17. The average molecular weight is 419 g/mol. The van der Waals surface area contributed by atoms with E-state index in [9.17, 15) is 18.0 Å². The van der Waals surface area contributed by atoms with Crippen LogP contribution in [0.4, 0.5) is 13.2 Å². The van der Waals surface area contributed by atoms with Crippen LogP contribution in [-0.4, -0.2) is 60.2 Å². The number of tetrazole rings is 1. The molecular weight excluding hydrogens is 403 g/mol. The van der Waals surface area contributed by atoms with Crippen molar-refractivity contribution in [1.82, 2.24) is 35.1 Å². The lowest BCUT2D eigenvalue weighted by atomic mass is 10.1. The van der Waals surface area contributed by atoms with Gasteiger partial charge in [0.15, 0.2) is 5.69 Å². The van der Waals surface area contributed by atoms with Crippen molar-refractivity contribution in [2.45, 2.75) is 25.1 Å². The summed E-state index contributed by atoms with van der Waals surface area (Å²) in [5.74, 6) is -0.219. The van der Waals surface area contributed by atoms with Crippen LogP contribution in [-0.2, 0) is 6.18 Å². The monoisotopic (exact) mass is 419 g/mol. The molecule has 0 radical (unpaired) electrons. The zero-order valence-corrected chi connectivity index (χ0v) is 15.5. The third-order valence-electron chi connectivity index (χ3n) is 4.57. The standard InChI is InChI=1S/C18H16F3N7O2/c19-18(20,21)15-6-7-22-17(24-15)30-14-5-2-8-27(10-14)16(29)12-3-1-4-13(9-12)28-11-23-25-26-28/h1,3-4,6-7,9,11,14H,2,5,8,10H2. The molecule has 0 bridgehead atoms. The summed E-state index contributed by atoms with van der Waals surface area (Å²) in [6.45, 7) is 0.727. The Hall–Kier alpha value is -3.57. The van der Waals surface area contributed by atoms with Crippen LogP contribution in [0.1, 0.15) is 28.9 Å². The molecule has 0 saturated carbocycles. The first-order chi connectivity index (χ1) is 14.4. The Kier molecular flexibility index (Phi) is 5.29. The summed E-state index contributed by atoms with van der Waals surface area (Å²) in [7, 11) is 0. The molecule has 1 saturated heterocycles. The van der Waals surface area contributed by atoms with Crippen LogP contribution in [0, 0.1) is 0 Å². The van der Waals surface area contributed by atoms with Gasteiger partial charge in [-0.3, -0.25) is 4.79 Å². The molecule has 0 spiro atoms. The predicted molar refractivity (Wildman–Crippen MR) is 95.7 cm³/mol. The molecule has 3 heterocycles. The van der Waals surface area contributed by atoms with Crippen LogP contribution in [0.3, 0.4) is 0 Å². The van der Waals surface area contributed by atoms with Gasteiger partial charge in [0.25, 0.3) is 5.91 Å². The van der Waals surface area contributed by atoms with Crippen LogP contribution in [0.15, 0.2) is 42.9 Å². The van der Waals surface area contributed by atoms with E-state index in [0.717, 1.165) is 12.3 Å². The Labute approximate surface area is 168 Å². The average Bonchev–Trinajstić information content (AvgIpc) is 3.28. The minimum Gasteiger partial charge on any atom is -0.458 e. The number of likely N-dealkylation sites (tertiary alicyclic amines) is 1. The second-order valence-electron chi connectivity index (χ2n) is 6.66. The third-order valence-corrected chi connectivity index (χ3v) is 4.57. The molecule has 1 aliphatic heterocycles. The van der Waals surface area contributed by atoms with Gasteiger partial charge in [-0.1, -0.05) is 6.07 Å². The van der Waals surface area contributed by atoms with Crippen LogP contribution >= 0.6 is 0 Å². The highest BCUT2D eigenvalue weighted by Crippen LogP contribution is 2.28. The first kappa shape index (κ1) is 19.7. The Morgan fingerprint density at radius 3 is 2.87 bits per heavy atom. The van der Waals surface area contributed by atoms with Crippen LogP contribution < -0.4 is 4.74 Å². The fraction of sp³-hybridized carbons (Fsp3) is 0.333. The molecule has 12 heteroatoms. The third kappa shape index (κ3) is 4.36. The molecule has 1 unspecified atom stereocenters. The predicted octanol–water partition coefficient (Wildman–Crippen LogP) is 2.15. The second kappa shape index (κ2) is 8.05. The summed E-state index contributed by atoms with van der Waals surface area (Å²) in [4.78, 5) is 21.7. The van der Waals surface area contributed by atoms with E-state index in [1.165, 1.54) is 11.0 Å². The van der Waals surface area contributed by atoms with Crippen molar-refractivity contribution in [3.8, 4) is 11.7 Å². The SMILES string of the molecule is O=C(c1cccc(-n2cnnn2)c1)N1CCCC(Oc2nccc(C(F)(F)F)n2)C1. The molecule has 1 fully saturated rings. The van der Waals surface area contributed by atoms with Gasteiger partial charge >= 0.3 is 12.2 Å². The number of halogens is 3. The molecular formula is C18H16F3N7O2. The molecule has 1 aromatic carbocycles. The van der Waals surface area contributed by atoms with E-state index >= 15 is 0 Å². The molecule has 1 atom stereocenters. The van der Waals surface area contributed by atoms with Gasteiger partial charge in [-0.25, -0.2) is 9.67 Å². The Balaban J connectivity index is 1.45. The number of carbonyl (C=O) groups is 1. The summed E-state index contributed by atoms with van der Waals surface area (Å²) in [5, 5.41) is 10.9. The van der Waals surface area contributed by atoms with Gasteiger partial charge in [0.1, 0.15) is 12.4 Å². The fourth-order valence-corrected chi connectivity index (χ4v) is 3.17. The maximum Gasteiger partial charge on any atom is 0.433 e. The van der Waals surface area contributed by atoms with Crippen molar-refractivity contribution in [2.24, 2.45) is 0 Å². The number of piperidine rings is 1. The molecule has 156 valence electrons. The topological polar surface area (TPSA) is 98.9 Å². The highest BCUT2D eigenvalue weighted by molar-refractivity contribution is 5.94. The number of aromatic nitrogens is 6. The number of carbonyl (C=O) groups excluding carboxylic acids is 1. The summed E-state index contributed by atoms with van der Waals surface area (Å²) in [6.07, 6.45) is -1.45. The van der Waals surface area contributed by atoms with Crippen molar-refractivity contribution in [3.63, 3.8) is 0 Å². The number of rotatable bonds is 4.